The third-order valence-electron chi connectivity index (χ3n) is 5.21. The van der Waals surface area contributed by atoms with E-state index in [4.69, 9.17) is 11.6 Å². The molecule has 1 aliphatic heterocycles. The number of anilines is 2. The molecule has 0 unspecified atom stereocenters. The van der Waals surface area contributed by atoms with Crippen molar-refractivity contribution in [2.75, 3.05) is 41.7 Å². The first-order chi connectivity index (χ1) is 15.6. The van der Waals surface area contributed by atoms with E-state index in [0.29, 0.717) is 16.6 Å². The summed E-state index contributed by atoms with van der Waals surface area (Å²) < 4.78 is 13.1. The predicted octanol–water partition coefficient (Wildman–Crippen LogP) is 4.00. The first-order valence-corrected chi connectivity index (χ1v) is 11.7. The van der Waals surface area contributed by atoms with Gasteiger partial charge in [-0.25, -0.2) is 4.39 Å². The lowest BCUT2D eigenvalue weighted by Gasteiger charge is -2.36. The summed E-state index contributed by atoms with van der Waals surface area (Å²) in [6.45, 7) is 3.67. The van der Waals surface area contributed by atoms with Gasteiger partial charge >= 0.3 is 0 Å². The number of aromatic nitrogens is 2. The third kappa shape index (κ3) is 5.89. The molecule has 1 amide bonds. The fourth-order valence-electron chi connectivity index (χ4n) is 3.43. The maximum Gasteiger partial charge on any atom is 0.230 e. The fourth-order valence-corrected chi connectivity index (χ4v) is 4.28. The van der Waals surface area contributed by atoms with Crippen LogP contribution in [0.3, 0.4) is 0 Å². The van der Waals surface area contributed by atoms with Crippen LogP contribution in [-0.2, 0) is 11.3 Å². The van der Waals surface area contributed by atoms with Crippen molar-refractivity contribution in [1.29, 1.82) is 0 Å². The van der Waals surface area contributed by atoms with Crippen molar-refractivity contribution < 1.29 is 9.18 Å². The minimum atomic E-state index is -0.223. The minimum absolute atomic E-state index is 0.0855. The lowest BCUT2D eigenvalue weighted by molar-refractivity contribution is -0.118. The van der Waals surface area contributed by atoms with E-state index in [9.17, 15) is 9.18 Å². The molecule has 0 bridgehead atoms. The van der Waals surface area contributed by atoms with Gasteiger partial charge in [0.15, 0.2) is 5.82 Å². The molecule has 1 fully saturated rings. The lowest BCUT2D eigenvalue weighted by Crippen LogP contribution is -2.46. The van der Waals surface area contributed by atoms with Crippen molar-refractivity contribution in [3.8, 4) is 0 Å². The normalized spacial score (nSPS) is 13.8. The van der Waals surface area contributed by atoms with Crippen molar-refractivity contribution in [2.24, 2.45) is 0 Å². The summed E-state index contributed by atoms with van der Waals surface area (Å²) in [5, 5.41) is 12.8. The number of hydrogen-bond donors (Lipinski definition) is 1. The number of carbonyl (C=O) groups is 1. The number of benzene rings is 2. The Morgan fingerprint density at radius 2 is 1.69 bits per heavy atom. The average Bonchev–Trinajstić information content (AvgIpc) is 2.83. The highest BCUT2D eigenvalue weighted by molar-refractivity contribution is 7.99. The van der Waals surface area contributed by atoms with Crippen molar-refractivity contribution in [3.63, 3.8) is 0 Å². The molecule has 1 N–H and O–H groups in total. The molecule has 4 rings (SSSR count). The van der Waals surface area contributed by atoms with Crippen molar-refractivity contribution in [1.82, 2.24) is 15.5 Å². The van der Waals surface area contributed by atoms with Crippen LogP contribution >= 0.6 is 23.4 Å². The molecular weight excluding hydrogens is 449 g/mol. The van der Waals surface area contributed by atoms with Crippen molar-refractivity contribution in [2.45, 2.75) is 11.6 Å². The van der Waals surface area contributed by atoms with E-state index in [1.165, 1.54) is 23.9 Å². The van der Waals surface area contributed by atoms with E-state index < -0.39 is 0 Å². The number of nitrogens with zero attached hydrogens (tertiary/aromatic N) is 4. The zero-order valence-corrected chi connectivity index (χ0v) is 18.9. The van der Waals surface area contributed by atoms with Gasteiger partial charge < -0.3 is 15.1 Å². The molecule has 166 valence electrons. The lowest BCUT2D eigenvalue weighted by atomic mass is 10.2. The van der Waals surface area contributed by atoms with Gasteiger partial charge in [0.1, 0.15) is 10.8 Å². The average molecular weight is 472 g/mol. The second-order valence-corrected chi connectivity index (χ2v) is 8.74. The summed E-state index contributed by atoms with van der Waals surface area (Å²) in [6.07, 6.45) is 0. The third-order valence-corrected chi connectivity index (χ3v) is 6.50. The predicted molar refractivity (Wildman–Crippen MR) is 127 cm³/mol. The molecule has 9 heteroatoms. The maximum absolute atomic E-state index is 13.1. The zero-order chi connectivity index (χ0) is 22.3. The van der Waals surface area contributed by atoms with E-state index in [-0.39, 0.29) is 17.5 Å². The number of piperazine rings is 1. The fraction of sp³-hybridized carbons (Fsp3) is 0.261. The van der Waals surface area contributed by atoms with Gasteiger partial charge in [0, 0.05) is 43.4 Å². The number of amides is 1. The molecule has 1 aromatic heterocycles. The number of nitrogens with one attached hydrogen (secondary N) is 1. The number of carbonyl (C=O) groups excluding carboxylic acids is 1. The number of thioether (sulfide) groups is 1. The minimum Gasteiger partial charge on any atom is -0.368 e. The Balaban J connectivity index is 1.22. The van der Waals surface area contributed by atoms with Gasteiger partial charge in [0.05, 0.1) is 5.75 Å². The van der Waals surface area contributed by atoms with Gasteiger partial charge in [-0.05, 0) is 48.0 Å². The van der Waals surface area contributed by atoms with E-state index >= 15 is 0 Å². The number of halogens is 2. The molecule has 0 atom stereocenters. The quantitative estimate of drug-likeness (QED) is 0.525. The summed E-state index contributed by atoms with van der Waals surface area (Å²) in [5.41, 5.74) is 1.91. The highest BCUT2D eigenvalue weighted by Gasteiger charge is 2.19. The number of rotatable bonds is 7. The molecule has 0 aliphatic carbocycles. The molecule has 1 saturated heterocycles. The molecule has 0 radical (unpaired) electrons. The van der Waals surface area contributed by atoms with Crippen LogP contribution in [0.1, 0.15) is 5.56 Å². The van der Waals surface area contributed by atoms with E-state index in [1.807, 2.05) is 30.3 Å². The molecule has 2 aromatic carbocycles. The highest BCUT2D eigenvalue weighted by atomic mass is 35.5. The van der Waals surface area contributed by atoms with Gasteiger partial charge in [-0.3, -0.25) is 4.79 Å². The van der Waals surface area contributed by atoms with Crippen LogP contribution in [0.5, 0.6) is 0 Å². The van der Waals surface area contributed by atoms with Gasteiger partial charge in [-0.15, -0.1) is 10.2 Å². The van der Waals surface area contributed by atoms with Crippen LogP contribution in [0.25, 0.3) is 0 Å². The summed E-state index contributed by atoms with van der Waals surface area (Å²) >= 11 is 7.46. The van der Waals surface area contributed by atoms with Gasteiger partial charge in [-0.1, -0.05) is 41.6 Å². The van der Waals surface area contributed by atoms with Crippen LogP contribution < -0.4 is 15.1 Å². The molecule has 32 heavy (non-hydrogen) atoms. The first-order valence-electron chi connectivity index (χ1n) is 10.3. The Kier molecular flexibility index (Phi) is 7.44. The molecule has 0 saturated carbocycles. The van der Waals surface area contributed by atoms with Gasteiger partial charge in [0.2, 0.25) is 5.91 Å². The Bertz CT molecular complexity index is 1040. The monoisotopic (exact) mass is 471 g/mol. The van der Waals surface area contributed by atoms with Crippen LogP contribution in [0.2, 0.25) is 5.02 Å². The van der Waals surface area contributed by atoms with Crippen LogP contribution in [0.4, 0.5) is 15.9 Å². The SMILES string of the molecule is O=C(CSc1ccc(N2CCN(c3ccc(F)cc3)CC2)nn1)NCc1ccccc1Cl. The Hall–Kier alpha value is -2.84. The van der Waals surface area contributed by atoms with Gasteiger partial charge in [0.25, 0.3) is 0 Å². The van der Waals surface area contributed by atoms with Crippen LogP contribution in [0.15, 0.2) is 65.7 Å². The smallest absolute Gasteiger partial charge is 0.230 e. The second kappa shape index (κ2) is 10.7. The van der Waals surface area contributed by atoms with E-state index in [2.05, 4.69) is 25.3 Å². The largest absolute Gasteiger partial charge is 0.368 e. The number of hydrogen-bond acceptors (Lipinski definition) is 6. The molecule has 0 spiro atoms. The van der Waals surface area contributed by atoms with E-state index in [0.717, 1.165) is 43.2 Å². The second-order valence-electron chi connectivity index (χ2n) is 7.34. The molecule has 6 nitrogen and oxygen atoms in total. The van der Waals surface area contributed by atoms with Gasteiger partial charge in [-0.2, -0.15) is 0 Å². The highest BCUT2D eigenvalue weighted by Crippen LogP contribution is 2.21. The van der Waals surface area contributed by atoms with Crippen molar-refractivity contribution in [3.05, 3.63) is 77.1 Å². The molecule has 3 aromatic rings. The van der Waals surface area contributed by atoms with E-state index in [1.54, 1.807) is 18.2 Å². The van der Waals surface area contributed by atoms with Crippen molar-refractivity contribution >= 4 is 40.8 Å². The standard InChI is InChI=1S/C23H23ClFN5OS/c24-20-4-2-1-3-17(20)15-26-22(31)16-32-23-10-9-21(27-28-23)30-13-11-29(12-14-30)19-7-5-18(25)6-8-19/h1-10H,11-16H2,(H,26,31). The summed E-state index contributed by atoms with van der Waals surface area (Å²) in [6, 6.07) is 17.9. The first kappa shape index (κ1) is 22.4. The molecule has 2 heterocycles. The molecular formula is C23H23ClFN5OS. The Labute approximate surface area is 195 Å². The summed E-state index contributed by atoms with van der Waals surface area (Å²) in [5.74, 6) is 0.766. The topological polar surface area (TPSA) is 61.4 Å². The zero-order valence-electron chi connectivity index (χ0n) is 17.4. The van der Waals surface area contributed by atoms with Crippen LogP contribution in [-0.4, -0.2) is 48.0 Å². The summed E-state index contributed by atoms with van der Waals surface area (Å²) in [7, 11) is 0. The Morgan fingerprint density at radius 1 is 0.969 bits per heavy atom. The van der Waals surface area contributed by atoms with Crippen LogP contribution in [0, 0.1) is 5.82 Å². The summed E-state index contributed by atoms with van der Waals surface area (Å²) in [4.78, 5) is 16.5. The maximum atomic E-state index is 13.1. The Morgan fingerprint density at radius 3 is 2.38 bits per heavy atom. The molecule has 1 aliphatic rings.